The smallest absolute Gasteiger partial charge is 0.191 e. The number of hydrogen-bond donors (Lipinski definition) is 2. The van der Waals surface area contributed by atoms with E-state index in [4.69, 9.17) is 9.15 Å². The first-order chi connectivity index (χ1) is 11.8. The van der Waals surface area contributed by atoms with Gasteiger partial charge in [-0.3, -0.25) is 4.99 Å². The Morgan fingerprint density at radius 2 is 2.25 bits per heavy atom. The number of methoxy groups -OCH3 is 1. The van der Waals surface area contributed by atoms with Crippen molar-refractivity contribution in [3.05, 3.63) is 24.2 Å². The van der Waals surface area contributed by atoms with E-state index in [1.165, 1.54) is 0 Å². The average Bonchev–Trinajstić information content (AvgIpc) is 3.10. The van der Waals surface area contributed by atoms with Gasteiger partial charge in [0.2, 0.25) is 0 Å². The largest absolute Gasteiger partial charge is 0.469 e. The Kier molecular flexibility index (Phi) is 8.70. The van der Waals surface area contributed by atoms with Crippen molar-refractivity contribution in [3.8, 4) is 0 Å². The molecular weight excluding hydrogens is 304 g/mol. The number of piperidine rings is 1. The summed E-state index contributed by atoms with van der Waals surface area (Å²) < 4.78 is 10.5. The van der Waals surface area contributed by atoms with Gasteiger partial charge in [-0.2, -0.15) is 0 Å². The van der Waals surface area contributed by atoms with Crippen molar-refractivity contribution in [1.29, 1.82) is 0 Å². The van der Waals surface area contributed by atoms with Crippen LogP contribution in [0.25, 0.3) is 0 Å². The molecule has 0 atom stereocenters. The molecule has 24 heavy (non-hydrogen) atoms. The molecule has 1 aliphatic heterocycles. The SMILES string of the molecule is CCNC(=NCCc1ccco1)NC1CCN(CCCOC)CC1. The van der Waals surface area contributed by atoms with Gasteiger partial charge in [-0.05, 0) is 38.3 Å². The van der Waals surface area contributed by atoms with Gasteiger partial charge in [0.05, 0.1) is 6.26 Å². The van der Waals surface area contributed by atoms with Gasteiger partial charge in [-0.25, -0.2) is 0 Å². The van der Waals surface area contributed by atoms with Gasteiger partial charge in [0.15, 0.2) is 5.96 Å². The summed E-state index contributed by atoms with van der Waals surface area (Å²) in [6.45, 7) is 7.99. The molecule has 6 nitrogen and oxygen atoms in total. The standard InChI is InChI=1S/C18H32N4O2/c1-3-19-18(20-10-7-17-6-4-15-24-17)21-16-8-12-22(13-9-16)11-5-14-23-2/h4,6,15-16H,3,5,7-14H2,1-2H3,(H2,19,20,21). The second kappa shape index (κ2) is 11.1. The number of ether oxygens (including phenoxy) is 1. The molecule has 0 bridgehead atoms. The van der Waals surface area contributed by atoms with Crippen molar-refractivity contribution in [2.75, 3.05) is 46.4 Å². The second-order valence-electron chi connectivity index (χ2n) is 6.20. The number of nitrogens with zero attached hydrogens (tertiary/aromatic N) is 2. The number of likely N-dealkylation sites (tertiary alicyclic amines) is 1. The van der Waals surface area contributed by atoms with Crippen LogP contribution in [-0.2, 0) is 11.2 Å². The minimum Gasteiger partial charge on any atom is -0.469 e. The van der Waals surface area contributed by atoms with Gasteiger partial charge in [0, 0.05) is 58.9 Å². The summed E-state index contributed by atoms with van der Waals surface area (Å²) in [5.74, 6) is 1.90. The lowest BCUT2D eigenvalue weighted by Crippen LogP contribution is -2.49. The molecule has 0 unspecified atom stereocenters. The number of furan rings is 1. The third-order valence-electron chi connectivity index (χ3n) is 4.30. The molecule has 6 heteroatoms. The Morgan fingerprint density at radius 3 is 2.92 bits per heavy atom. The maximum absolute atomic E-state index is 5.35. The topological polar surface area (TPSA) is 62.0 Å². The van der Waals surface area contributed by atoms with Gasteiger partial charge in [0.1, 0.15) is 5.76 Å². The highest BCUT2D eigenvalue weighted by Crippen LogP contribution is 2.10. The fourth-order valence-corrected chi connectivity index (χ4v) is 2.98. The Bertz CT molecular complexity index is 454. The quantitative estimate of drug-likeness (QED) is 0.410. The van der Waals surface area contributed by atoms with Crippen LogP contribution in [0.2, 0.25) is 0 Å². The molecular formula is C18H32N4O2. The van der Waals surface area contributed by atoms with Crippen molar-refractivity contribution in [1.82, 2.24) is 15.5 Å². The summed E-state index contributed by atoms with van der Waals surface area (Å²) in [5.41, 5.74) is 0. The average molecular weight is 336 g/mol. The highest BCUT2D eigenvalue weighted by atomic mass is 16.5. The monoisotopic (exact) mass is 336 g/mol. The minimum atomic E-state index is 0.505. The second-order valence-corrected chi connectivity index (χ2v) is 6.20. The van der Waals surface area contributed by atoms with Crippen LogP contribution in [0, 0.1) is 0 Å². The first-order valence-electron chi connectivity index (χ1n) is 9.10. The van der Waals surface area contributed by atoms with Crippen LogP contribution < -0.4 is 10.6 Å². The lowest BCUT2D eigenvalue weighted by atomic mass is 10.1. The van der Waals surface area contributed by atoms with Crippen molar-refractivity contribution in [2.45, 2.75) is 38.6 Å². The predicted octanol–water partition coefficient (Wildman–Crippen LogP) is 1.88. The fraction of sp³-hybridized carbons (Fsp3) is 0.722. The van der Waals surface area contributed by atoms with E-state index in [1.54, 1.807) is 13.4 Å². The molecule has 0 spiro atoms. The lowest BCUT2D eigenvalue weighted by Gasteiger charge is -2.33. The molecule has 1 aromatic rings. The molecule has 1 fully saturated rings. The number of rotatable bonds is 9. The van der Waals surface area contributed by atoms with Crippen LogP contribution in [0.3, 0.4) is 0 Å². The van der Waals surface area contributed by atoms with Crippen LogP contribution in [0.4, 0.5) is 0 Å². The van der Waals surface area contributed by atoms with Gasteiger partial charge in [0.25, 0.3) is 0 Å². The van der Waals surface area contributed by atoms with Crippen LogP contribution >= 0.6 is 0 Å². The molecule has 0 aliphatic carbocycles. The van der Waals surface area contributed by atoms with Crippen molar-refractivity contribution in [2.24, 2.45) is 4.99 Å². The van der Waals surface area contributed by atoms with E-state index < -0.39 is 0 Å². The fourth-order valence-electron chi connectivity index (χ4n) is 2.98. The van der Waals surface area contributed by atoms with Crippen LogP contribution in [0.1, 0.15) is 31.9 Å². The number of guanidine groups is 1. The molecule has 2 rings (SSSR count). The van der Waals surface area contributed by atoms with E-state index >= 15 is 0 Å². The normalized spacial score (nSPS) is 17.2. The molecule has 1 aliphatic rings. The van der Waals surface area contributed by atoms with E-state index in [2.05, 4.69) is 27.4 Å². The molecule has 1 saturated heterocycles. The van der Waals surface area contributed by atoms with E-state index in [-0.39, 0.29) is 0 Å². The number of aliphatic imine (C=N–C) groups is 1. The maximum Gasteiger partial charge on any atom is 0.191 e. The van der Waals surface area contributed by atoms with Crippen molar-refractivity contribution in [3.63, 3.8) is 0 Å². The maximum atomic E-state index is 5.35. The first kappa shape index (κ1) is 18.8. The summed E-state index contributed by atoms with van der Waals surface area (Å²) in [7, 11) is 1.77. The van der Waals surface area contributed by atoms with E-state index in [0.29, 0.717) is 6.04 Å². The zero-order chi connectivity index (χ0) is 17.0. The summed E-state index contributed by atoms with van der Waals surface area (Å²) in [5, 5.41) is 6.92. The molecule has 2 N–H and O–H groups in total. The molecule has 2 heterocycles. The minimum absolute atomic E-state index is 0.505. The summed E-state index contributed by atoms with van der Waals surface area (Å²) in [6, 6.07) is 4.42. The molecule has 136 valence electrons. The third kappa shape index (κ3) is 6.93. The van der Waals surface area contributed by atoms with Gasteiger partial charge in [-0.1, -0.05) is 0 Å². The third-order valence-corrected chi connectivity index (χ3v) is 4.30. The zero-order valence-corrected chi connectivity index (χ0v) is 15.1. The highest BCUT2D eigenvalue weighted by Gasteiger charge is 2.19. The van der Waals surface area contributed by atoms with Crippen LogP contribution in [0.15, 0.2) is 27.8 Å². The Labute approximate surface area is 145 Å². The number of hydrogen-bond acceptors (Lipinski definition) is 4. The van der Waals surface area contributed by atoms with Gasteiger partial charge >= 0.3 is 0 Å². The molecule has 0 radical (unpaired) electrons. The molecule has 0 aromatic carbocycles. The summed E-state index contributed by atoms with van der Waals surface area (Å²) in [4.78, 5) is 7.19. The van der Waals surface area contributed by atoms with E-state index in [9.17, 15) is 0 Å². The Morgan fingerprint density at radius 1 is 1.42 bits per heavy atom. The Hall–Kier alpha value is -1.53. The molecule has 1 aromatic heterocycles. The summed E-state index contributed by atoms with van der Waals surface area (Å²) in [6.07, 6.45) is 5.99. The van der Waals surface area contributed by atoms with Gasteiger partial charge < -0.3 is 24.7 Å². The molecule has 0 saturated carbocycles. The van der Waals surface area contributed by atoms with Crippen molar-refractivity contribution < 1.29 is 9.15 Å². The lowest BCUT2D eigenvalue weighted by molar-refractivity contribution is 0.155. The molecule has 0 amide bonds. The Balaban J connectivity index is 1.70. The van der Waals surface area contributed by atoms with E-state index in [1.807, 2.05) is 12.1 Å². The van der Waals surface area contributed by atoms with Gasteiger partial charge in [-0.15, -0.1) is 0 Å². The summed E-state index contributed by atoms with van der Waals surface area (Å²) >= 11 is 0. The predicted molar refractivity (Wildman–Crippen MR) is 97.5 cm³/mol. The highest BCUT2D eigenvalue weighted by molar-refractivity contribution is 5.80. The van der Waals surface area contributed by atoms with Crippen LogP contribution in [-0.4, -0.2) is 63.3 Å². The van der Waals surface area contributed by atoms with E-state index in [0.717, 1.165) is 76.7 Å². The first-order valence-corrected chi connectivity index (χ1v) is 9.10. The number of nitrogens with one attached hydrogen (secondary N) is 2. The zero-order valence-electron chi connectivity index (χ0n) is 15.1. The van der Waals surface area contributed by atoms with Crippen molar-refractivity contribution >= 4 is 5.96 Å². The van der Waals surface area contributed by atoms with Crippen LogP contribution in [0.5, 0.6) is 0 Å².